The minimum atomic E-state index is -1.27. The van der Waals surface area contributed by atoms with Crippen molar-refractivity contribution in [3.63, 3.8) is 0 Å². The van der Waals surface area contributed by atoms with Gasteiger partial charge in [-0.15, -0.1) is 0 Å². The van der Waals surface area contributed by atoms with Gasteiger partial charge in [-0.3, -0.25) is 14.4 Å². The fourth-order valence-electron chi connectivity index (χ4n) is 2.67. The maximum Gasteiger partial charge on any atom is 0.312 e. The lowest BCUT2D eigenvalue weighted by Crippen LogP contribution is -2.17. The first kappa shape index (κ1) is 24.2. The number of halogens is 3. The predicted molar refractivity (Wildman–Crippen MR) is 120 cm³/mol. The molecular weight excluding hydrogens is 545 g/mol. The number of aldehydes is 1. The number of rotatable bonds is 7. The number of phenolic OH excluding ortho intramolecular Hbond substituents is 1. The number of carbonyl (C=O) groups is 3. The van der Waals surface area contributed by atoms with Crippen molar-refractivity contribution in [1.82, 2.24) is 0 Å². The van der Waals surface area contributed by atoms with Crippen LogP contribution in [0.1, 0.15) is 47.7 Å². The zero-order valence-corrected chi connectivity index (χ0v) is 20.1. The molecule has 0 radical (unpaired) electrons. The number of nitrogens with one attached hydrogen (secondary N) is 1. The van der Waals surface area contributed by atoms with Crippen LogP contribution in [0.25, 0.3) is 0 Å². The average molecular weight is 564 g/mol. The molecule has 2 aromatic rings. The molecule has 0 aliphatic carbocycles. The van der Waals surface area contributed by atoms with Crippen LogP contribution in [0.2, 0.25) is 5.02 Å². The van der Waals surface area contributed by atoms with E-state index in [9.17, 15) is 19.5 Å². The van der Waals surface area contributed by atoms with Gasteiger partial charge in [0.05, 0.1) is 25.2 Å². The molecule has 0 saturated heterocycles. The van der Waals surface area contributed by atoms with Crippen LogP contribution in [0.15, 0.2) is 21.1 Å². The third kappa shape index (κ3) is 5.14. The molecule has 0 aliphatic heterocycles. The van der Waals surface area contributed by atoms with E-state index in [-0.39, 0.29) is 33.7 Å². The summed E-state index contributed by atoms with van der Waals surface area (Å²) in [5.41, 5.74) is 1.37. The smallest absolute Gasteiger partial charge is 0.312 e. The molecule has 0 atom stereocenters. The Morgan fingerprint density at radius 3 is 2.43 bits per heavy atom. The molecule has 160 valence electrons. The average Bonchev–Trinajstić information content (AvgIpc) is 2.67. The lowest BCUT2D eigenvalue weighted by atomic mass is 9.99. The molecule has 1 amide bonds. The van der Waals surface area contributed by atoms with Crippen LogP contribution in [0, 0.1) is 6.92 Å². The summed E-state index contributed by atoms with van der Waals surface area (Å²) in [7, 11) is 0. The van der Waals surface area contributed by atoms with Crippen molar-refractivity contribution >= 4 is 67.3 Å². The Morgan fingerprint density at radius 1 is 1.27 bits per heavy atom. The van der Waals surface area contributed by atoms with Crippen molar-refractivity contribution in [3.05, 3.63) is 42.8 Å². The molecule has 0 heterocycles. The van der Waals surface area contributed by atoms with E-state index in [0.29, 0.717) is 32.1 Å². The van der Waals surface area contributed by atoms with Crippen LogP contribution >= 0.6 is 43.5 Å². The van der Waals surface area contributed by atoms with Crippen LogP contribution in [0.5, 0.6) is 17.2 Å². The number of hydrogen-bond acceptors (Lipinski definition) is 5. The fourth-order valence-corrected chi connectivity index (χ4v) is 4.16. The zero-order valence-electron chi connectivity index (χ0n) is 16.2. The van der Waals surface area contributed by atoms with E-state index in [0.717, 1.165) is 0 Å². The number of ether oxygens (including phenoxy) is 1. The molecule has 0 aromatic heterocycles. The van der Waals surface area contributed by atoms with Crippen LogP contribution in [-0.2, 0) is 9.59 Å². The van der Waals surface area contributed by atoms with Crippen molar-refractivity contribution in [3.8, 4) is 17.2 Å². The van der Waals surface area contributed by atoms with Gasteiger partial charge < -0.3 is 20.3 Å². The summed E-state index contributed by atoms with van der Waals surface area (Å²) in [6.45, 7) is 5.41. The second-order valence-electron chi connectivity index (χ2n) is 6.71. The lowest BCUT2D eigenvalue weighted by Gasteiger charge is -2.19. The summed E-state index contributed by atoms with van der Waals surface area (Å²) in [6, 6.07) is 3.02. The Bertz CT molecular complexity index is 1010. The summed E-state index contributed by atoms with van der Waals surface area (Å²) in [5.74, 6) is -1.56. The van der Waals surface area contributed by atoms with E-state index < -0.39 is 18.3 Å². The summed E-state index contributed by atoms with van der Waals surface area (Å²) in [6.07, 6.45) is -0.166. The standard InChI is InChI=1S/C20H18Br2ClNO6/c1-8(2)12-5-11(4-10(7-25)19(12)29)30-20-15(21)9(3)18(17(23)16(20)22)24-13(26)6-14(27)28/h4-5,7-8,29H,6H2,1-3H3,(H,24,26)(H,27,28). The Kier molecular flexibility index (Phi) is 7.90. The highest BCUT2D eigenvalue weighted by Crippen LogP contribution is 2.48. The zero-order chi connectivity index (χ0) is 22.7. The van der Waals surface area contributed by atoms with Crippen molar-refractivity contribution in [2.45, 2.75) is 33.1 Å². The van der Waals surface area contributed by atoms with Gasteiger partial charge in [0.2, 0.25) is 5.91 Å². The van der Waals surface area contributed by atoms with Crippen molar-refractivity contribution in [1.29, 1.82) is 0 Å². The molecular formula is C20H18Br2ClNO6. The molecule has 0 unspecified atom stereocenters. The Balaban J connectivity index is 2.52. The van der Waals surface area contributed by atoms with Gasteiger partial charge in [-0.1, -0.05) is 25.4 Å². The van der Waals surface area contributed by atoms with Gasteiger partial charge in [0.15, 0.2) is 12.0 Å². The topological polar surface area (TPSA) is 113 Å². The minimum Gasteiger partial charge on any atom is -0.507 e. The first-order valence-electron chi connectivity index (χ1n) is 8.66. The van der Waals surface area contributed by atoms with Gasteiger partial charge in [0.25, 0.3) is 0 Å². The summed E-state index contributed by atoms with van der Waals surface area (Å²) >= 11 is 13.1. The third-order valence-electron chi connectivity index (χ3n) is 4.20. The fraction of sp³-hybridized carbons (Fsp3) is 0.250. The number of amides is 1. The van der Waals surface area contributed by atoms with Crippen LogP contribution < -0.4 is 10.1 Å². The maximum absolute atomic E-state index is 11.9. The highest BCUT2D eigenvalue weighted by Gasteiger charge is 2.23. The summed E-state index contributed by atoms with van der Waals surface area (Å²) in [5, 5.41) is 21.6. The number of anilines is 1. The number of carboxylic acid groups (broad SMARTS) is 1. The van der Waals surface area contributed by atoms with E-state index in [4.69, 9.17) is 21.4 Å². The molecule has 2 rings (SSSR count). The van der Waals surface area contributed by atoms with E-state index >= 15 is 0 Å². The van der Waals surface area contributed by atoms with Crippen LogP contribution in [-0.4, -0.2) is 28.4 Å². The molecule has 0 aliphatic rings. The molecule has 0 saturated carbocycles. The molecule has 10 heteroatoms. The Labute approximate surface area is 194 Å². The van der Waals surface area contributed by atoms with E-state index in [1.807, 2.05) is 13.8 Å². The number of aromatic hydroxyl groups is 1. The largest absolute Gasteiger partial charge is 0.507 e. The van der Waals surface area contributed by atoms with Crippen LogP contribution in [0.4, 0.5) is 5.69 Å². The van der Waals surface area contributed by atoms with Crippen LogP contribution in [0.3, 0.4) is 0 Å². The number of carboxylic acids is 1. The number of carbonyl (C=O) groups excluding carboxylic acids is 2. The van der Waals surface area contributed by atoms with E-state index in [2.05, 4.69) is 37.2 Å². The summed E-state index contributed by atoms with van der Waals surface area (Å²) in [4.78, 5) is 33.9. The SMILES string of the molecule is Cc1c(Br)c(Oc2cc(C=O)c(O)c(C(C)C)c2)c(Br)c(Cl)c1NC(=O)CC(=O)O. The van der Waals surface area contributed by atoms with Gasteiger partial charge >= 0.3 is 5.97 Å². The van der Waals surface area contributed by atoms with Crippen molar-refractivity contribution < 1.29 is 29.3 Å². The van der Waals surface area contributed by atoms with Gasteiger partial charge in [0, 0.05) is 5.56 Å². The number of hydrogen-bond donors (Lipinski definition) is 3. The van der Waals surface area contributed by atoms with E-state index in [1.54, 1.807) is 13.0 Å². The van der Waals surface area contributed by atoms with Crippen molar-refractivity contribution in [2.75, 3.05) is 5.32 Å². The minimum absolute atomic E-state index is 0.0590. The normalized spacial score (nSPS) is 10.8. The Morgan fingerprint density at radius 2 is 1.90 bits per heavy atom. The number of aliphatic carboxylic acids is 1. The molecule has 0 bridgehead atoms. The van der Waals surface area contributed by atoms with E-state index in [1.165, 1.54) is 6.07 Å². The third-order valence-corrected chi connectivity index (χ3v) is 6.52. The molecule has 0 spiro atoms. The Hall–Kier alpha value is -2.10. The molecule has 0 fully saturated rings. The predicted octanol–water partition coefficient (Wildman–Crippen LogP) is 6.02. The highest BCUT2D eigenvalue weighted by atomic mass is 79.9. The van der Waals surface area contributed by atoms with Gasteiger partial charge in [-0.25, -0.2) is 0 Å². The molecule has 2 aromatic carbocycles. The first-order valence-corrected chi connectivity index (χ1v) is 10.6. The maximum atomic E-state index is 11.9. The summed E-state index contributed by atoms with van der Waals surface area (Å²) < 4.78 is 6.72. The molecule has 3 N–H and O–H groups in total. The number of phenols is 1. The van der Waals surface area contributed by atoms with Crippen molar-refractivity contribution in [2.24, 2.45) is 0 Å². The second-order valence-corrected chi connectivity index (χ2v) is 8.68. The quantitative estimate of drug-likeness (QED) is 0.216. The van der Waals surface area contributed by atoms with Gasteiger partial charge in [-0.2, -0.15) is 0 Å². The highest BCUT2D eigenvalue weighted by molar-refractivity contribution is 9.11. The first-order chi connectivity index (χ1) is 14.0. The molecule has 30 heavy (non-hydrogen) atoms. The second kappa shape index (κ2) is 9.80. The monoisotopic (exact) mass is 561 g/mol. The number of benzene rings is 2. The van der Waals surface area contributed by atoms with Gasteiger partial charge in [-0.05, 0) is 62.4 Å². The van der Waals surface area contributed by atoms with Gasteiger partial charge in [0.1, 0.15) is 17.9 Å². The lowest BCUT2D eigenvalue weighted by molar-refractivity contribution is -0.139. The molecule has 7 nitrogen and oxygen atoms in total.